The Kier molecular flexibility index (Phi) is 2.12. The molecule has 0 saturated carbocycles. The maximum atomic E-state index is 2.22. The van der Waals surface area contributed by atoms with Gasteiger partial charge in [0.05, 0.1) is 0 Å². The molecule has 0 nitrogen and oxygen atoms in total. The van der Waals surface area contributed by atoms with E-state index in [0.717, 1.165) is 6.42 Å². The van der Waals surface area contributed by atoms with E-state index in [1.165, 1.54) is 22.3 Å². The van der Waals surface area contributed by atoms with Gasteiger partial charge in [0.2, 0.25) is 0 Å². The van der Waals surface area contributed by atoms with Crippen molar-refractivity contribution in [2.24, 2.45) is 0 Å². The molecule has 0 fully saturated rings. The molecule has 3 rings (SSSR count). The Labute approximate surface area is 85.2 Å². The van der Waals surface area contributed by atoms with E-state index in [0.29, 0.717) is 0 Å². The largest absolute Gasteiger partial charge is 0.0619 e. The van der Waals surface area contributed by atoms with Gasteiger partial charge in [-0.1, -0.05) is 48.5 Å². The first-order chi connectivity index (χ1) is 6.45. The average Bonchev–Trinajstić information content (AvgIpc) is 2.56. The molecule has 0 aliphatic heterocycles. The highest BCUT2D eigenvalue weighted by Gasteiger charge is 2.15. The first kappa shape index (κ1) is 9.01. The smallest absolute Gasteiger partial charge is 0 e. The summed E-state index contributed by atoms with van der Waals surface area (Å²) in [5, 5.41) is 0. The van der Waals surface area contributed by atoms with E-state index in [1.807, 2.05) is 0 Å². The molecular formula is C14H10. The molecule has 66 valence electrons. The quantitative estimate of drug-likeness (QED) is 0.495. The van der Waals surface area contributed by atoms with Gasteiger partial charge in [0.1, 0.15) is 0 Å². The molecule has 0 amide bonds. The first-order valence-electron chi connectivity index (χ1n) is 4.61. The van der Waals surface area contributed by atoms with E-state index in [2.05, 4.69) is 48.5 Å². The third kappa shape index (κ3) is 1.15. The summed E-state index contributed by atoms with van der Waals surface area (Å²) in [6, 6.07) is 17.3. The van der Waals surface area contributed by atoms with Crippen LogP contribution in [0, 0.1) is 7.43 Å². The highest BCUT2D eigenvalue weighted by atomic mass is 14.2. The molecule has 0 spiro atoms. The highest BCUT2D eigenvalue weighted by Crippen LogP contribution is 2.35. The lowest BCUT2D eigenvalue weighted by atomic mass is 10.1. The molecule has 0 bridgehead atoms. The zero-order chi connectivity index (χ0) is 8.67. The number of fused-ring (bicyclic) bond motifs is 3. The van der Waals surface area contributed by atoms with E-state index < -0.39 is 0 Å². The topological polar surface area (TPSA) is 0 Å². The molecule has 0 N–H and O–H groups in total. The van der Waals surface area contributed by atoms with Gasteiger partial charge in [-0.25, -0.2) is 0 Å². The van der Waals surface area contributed by atoms with Crippen LogP contribution < -0.4 is 0 Å². The standard InChI is InChI=1S/C13H10.C/c1-3-7-12-10(5-1)9-11-6-2-4-8-13(11)12;/h1-8H,9H2;. The highest BCUT2D eigenvalue weighted by molar-refractivity contribution is 5.76. The third-order valence-electron chi connectivity index (χ3n) is 2.71. The first-order valence-corrected chi connectivity index (χ1v) is 4.61. The van der Waals surface area contributed by atoms with Gasteiger partial charge in [-0.2, -0.15) is 0 Å². The van der Waals surface area contributed by atoms with Crippen LogP contribution in [-0.4, -0.2) is 0 Å². The summed E-state index contributed by atoms with van der Waals surface area (Å²) in [5.41, 5.74) is 5.75. The van der Waals surface area contributed by atoms with E-state index in [-0.39, 0.29) is 7.43 Å². The van der Waals surface area contributed by atoms with Crippen LogP contribution in [-0.2, 0) is 6.42 Å². The second kappa shape index (κ2) is 3.30. The lowest BCUT2D eigenvalue weighted by molar-refractivity contribution is 1.26. The molecule has 0 unspecified atom stereocenters. The second-order valence-electron chi connectivity index (χ2n) is 3.49. The Morgan fingerprint density at radius 2 is 1.07 bits per heavy atom. The maximum Gasteiger partial charge on any atom is 0 e. The average molecular weight is 178 g/mol. The van der Waals surface area contributed by atoms with E-state index in [1.54, 1.807) is 0 Å². The van der Waals surface area contributed by atoms with E-state index in [4.69, 9.17) is 0 Å². The molecule has 0 saturated heterocycles. The fourth-order valence-corrected chi connectivity index (χ4v) is 2.08. The van der Waals surface area contributed by atoms with Crippen molar-refractivity contribution in [1.82, 2.24) is 0 Å². The van der Waals surface area contributed by atoms with Gasteiger partial charge in [0.25, 0.3) is 0 Å². The Morgan fingerprint density at radius 3 is 1.57 bits per heavy atom. The molecule has 0 aromatic heterocycles. The summed E-state index contributed by atoms with van der Waals surface area (Å²) in [4.78, 5) is 0. The molecule has 4 radical (unpaired) electrons. The van der Waals surface area contributed by atoms with Crippen molar-refractivity contribution in [3.05, 3.63) is 67.1 Å². The molecular weight excluding hydrogens is 168 g/mol. The number of hydrogen-bond donors (Lipinski definition) is 0. The van der Waals surface area contributed by atoms with Crippen molar-refractivity contribution in [3.63, 3.8) is 0 Å². The van der Waals surface area contributed by atoms with Crippen molar-refractivity contribution in [2.45, 2.75) is 6.42 Å². The molecule has 14 heavy (non-hydrogen) atoms. The minimum absolute atomic E-state index is 0. The van der Waals surface area contributed by atoms with Crippen molar-refractivity contribution in [1.29, 1.82) is 0 Å². The molecule has 2 aromatic carbocycles. The van der Waals surface area contributed by atoms with Crippen molar-refractivity contribution >= 4 is 0 Å². The number of rotatable bonds is 0. The van der Waals surface area contributed by atoms with Crippen molar-refractivity contribution < 1.29 is 0 Å². The van der Waals surface area contributed by atoms with Gasteiger partial charge in [-0.15, -0.1) is 0 Å². The molecule has 2 aromatic rings. The summed E-state index contributed by atoms with van der Waals surface area (Å²) in [6.07, 6.45) is 1.10. The van der Waals surface area contributed by atoms with Crippen LogP contribution >= 0.6 is 0 Å². The van der Waals surface area contributed by atoms with Crippen LogP contribution in [0.15, 0.2) is 48.5 Å². The predicted octanol–water partition coefficient (Wildman–Crippen LogP) is 3.34. The summed E-state index contributed by atoms with van der Waals surface area (Å²) in [7, 11) is 0. The molecule has 1 aliphatic carbocycles. The minimum atomic E-state index is 0. The molecule has 1 aliphatic rings. The SMILES string of the molecule is [C].c1ccc2c(c1)Cc1ccccc1-2. The summed E-state index contributed by atoms with van der Waals surface area (Å²) in [5.74, 6) is 0. The van der Waals surface area contributed by atoms with Crippen molar-refractivity contribution in [2.75, 3.05) is 0 Å². The second-order valence-corrected chi connectivity index (χ2v) is 3.49. The van der Waals surface area contributed by atoms with Gasteiger partial charge in [0.15, 0.2) is 0 Å². The number of hydrogen-bond acceptors (Lipinski definition) is 0. The van der Waals surface area contributed by atoms with Gasteiger partial charge in [0, 0.05) is 7.43 Å². The van der Waals surface area contributed by atoms with Crippen LogP contribution in [0.4, 0.5) is 0 Å². The van der Waals surface area contributed by atoms with Crippen LogP contribution in [0.3, 0.4) is 0 Å². The third-order valence-corrected chi connectivity index (χ3v) is 2.71. The Hall–Kier alpha value is -1.56. The predicted molar refractivity (Wildman–Crippen MR) is 57.9 cm³/mol. The Morgan fingerprint density at radius 1 is 0.643 bits per heavy atom. The molecule has 0 atom stereocenters. The summed E-state index contributed by atoms with van der Waals surface area (Å²) < 4.78 is 0. The number of benzene rings is 2. The van der Waals surface area contributed by atoms with Crippen LogP contribution in [0.5, 0.6) is 0 Å². The lowest BCUT2D eigenvalue weighted by Gasteiger charge is -1.98. The van der Waals surface area contributed by atoms with Gasteiger partial charge in [-0.05, 0) is 28.7 Å². The van der Waals surface area contributed by atoms with Gasteiger partial charge in [-0.3, -0.25) is 0 Å². The monoisotopic (exact) mass is 178 g/mol. The molecule has 0 heterocycles. The fourth-order valence-electron chi connectivity index (χ4n) is 2.08. The van der Waals surface area contributed by atoms with Crippen molar-refractivity contribution in [3.8, 4) is 11.1 Å². The van der Waals surface area contributed by atoms with Crippen LogP contribution in [0.2, 0.25) is 0 Å². The van der Waals surface area contributed by atoms with Gasteiger partial charge < -0.3 is 0 Å². The summed E-state index contributed by atoms with van der Waals surface area (Å²) in [6.45, 7) is 0. The Balaban J connectivity index is 0.000000750. The zero-order valence-corrected chi connectivity index (χ0v) is 7.83. The fraction of sp³-hybridized carbons (Fsp3) is 0.0714. The normalized spacial score (nSPS) is 11.4. The summed E-state index contributed by atoms with van der Waals surface area (Å²) >= 11 is 0. The Bertz CT molecular complexity index is 412. The lowest BCUT2D eigenvalue weighted by Crippen LogP contribution is -1.77. The maximum absolute atomic E-state index is 2.22. The van der Waals surface area contributed by atoms with E-state index in [9.17, 15) is 0 Å². The van der Waals surface area contributed by atoms with Gasteiger partial charge >= 0.3 is 0 Å². The molecule has 0 heteroatoms. The minimum Gasteiger partial charge on any atom is -0.0619 e. The zero-order valence-electron chi connectivity index (χ0n) is 7.83. The van der Waals surface area contributed by atoms with Crippen LogP contribution in [0.1, 0.15) is 11.1 Å². The van der Waals surface area contributed by atoms with E-state index >= 15 is 0 Å². The van der Waals surface area contributed by atoms with Crippen LogP contribution in [0.25, 0.3) is 11.1 Å².